The van der Waals surface area contributed by atoms with E-state index in [-0.39, 0.29) is 30.1 Å². The van der Waals surface area contributed by atoms with Crippen molar-refractivity contribution in [3.63, 3.8) is 0 Å². The Bertz CT molecular complexity index is 739. The molecule has 0 radical (unpaired) electrons. The summed E-state index contributed by atoms with van der Waals surface area (Å²) >= 11 is 0. The summed E-state index contributed by atoms with van der Waals surface area (Å²) in [6.07, 6.45) is 8.25. The van der Waals surface area contributed by atoms with E-state index in [1.165, 1.54) is 24.8 Å². The number of urea groups is 1. The van der Waals surface area contributed by atoms with E-state index < -0.39 is 0 Å². The molecule has 5 heteroatoms. The highest BCUT2D eigenvalue weighted by atomic mass is 16.2. The summed E-state index contributed by atoms with van der Waals surface area (Å²) in [4.78, 5) is 27.2. The molecule has 0 saturated heterocycles. The summed E-state index contributed by atoms with van der Waals surface area (Å²) < 4.78 is 0. The first kappa shape index (κ1) is 17.1. The molecule has 144 valence electrons. The van der Waals surface area contributed by atoms with Gasteiger partial charge < -0.3 is 10.2 Å². The molecule has 6 rings (SSSR count). The Kier molecular flexibility index (Phi) is 3.95. The molecule has 1 aromatic rings. The van der Waals surface area contributed by atoms with E-state index in [1.807, 2.05) is 12.1 Å². The van der Waals surface area contributed by atoms with E-state index in [9.17, 15) is 9.59 Å². The van der Waals surface area contributed by atoms with Gasteiger partial charge in [0.1, 0.15) is 0 Å². The Morgan fingerprint density at radius 2 is 1.70 bits per heavy atom. The number of rotatable bonds is 3. The van der Waals surface area contributed by atoms with Crippen molar-refractivity contribution in [1.29, 1.82) is 0 Å². The third-order valence-corrected chi connectivity index (χ3v) is 7.33. The Morgan fingerprint density at radius 1 is 1.07 bits per heavy atom. The number of carbonyl (C=O) groups excluding carboxylic acids is 2. The molecule has 0 unspecified atom stereocenters. The summed E-state index contributed by atoms with van der Waals surface area (Å²) in [5.74, 6) is 2.10. The van der Waals surface area contributed by atoms with Gasteiger partial charge in [0.05, 0.1) is 6.54 Å². The number of hydrogen-bond donors (Lipinski definition) is 2. The minimum Gasteiger partial charge on any atom is -0.359 e. The lowest BCUT2D eigenvalue weighted by atomic mass is 9.53. The highest BCUT2D eigenvalue weighted by Crippen LogP contribution is 2.55. The number of benzene rings is 1. The number of fused-ring (bicyclic) bond motifs is 1. The van der Waals surface area contributed by atoms with Crippen LogP contribution in [0.15, 0.2) is 24.3 Å². The predicted molar refractivity (Wildman–Crippen MR) is 105 cm³/mol. The van der Waals surface area contributed by atoms with Gasteiger partial charge in [-0.15, -0.1) is 0 Å². The van der Waals surface area contributed by atoms with Crippen molar-refractivity contribution in [2.45, 2.75) is 63.5 Å². The molecule has 1 heterocycles. The van der Waals surface area contributed by atoms with E-state index >= 15 is 0 Å². The molecule has 4 fully saturated rings. The van der Waals surface area contributed by atoms with Crippen LogP contribution in [-0.2, 0) is 11.2 Å². The molecule has 4 bridgehead atoms. The topological polar surface area (TPSA) is 61.4 Å². The van der Waals surface area contributed by atoms with Crippen LogP contribution < -0.4 is 15.5 Å². The number of amides is 3. The zero-order valence-electron chi connectivity index (χ0n) is 16.0. The van der Waals surface area contributed by atoms with Crippen molar-refractivity contribution in [2.24, 2.45) is 17.8 Å². The molecule has 1 aromatic carbocycles. The van der Waals surface area contributed by atoms with Gasteiger partial charge >= 0.3 is 6.03 Å². The lowest BCUT2D eigenvalue weighted by molar-refractivity contribution is -0.118. The highest BCUT2D eigenvalue weighted by molar-refractivity contribution is 5.97. The fourth-order valence-electron chi connectivity index (χ4n) is 6.73. The smallest absolute Gasteiger partial charge is 0.321 e. The summed E-state index contributed by atoms with van der Waals surface area (Å²) in [6.45, 7) is 2.36. The maximum absolute atomic E-state index is 12.6. The second-order valence-electron chi connectivity index (χ2n) is 9.51. The number of imide groups is 1. The van der Waals surface area contributed by atoms with E-state index in [1.54, 1.807) is 0 Å². The van der Waals surface area contributed by atoms with Crippen LogP contribution in [0, 0.1) is 17.8 Å². The van der Waals surface area contributed by atoms with Crippen LogP contribution in [0.3, 0.4) is 0 Å². The maximum Gasteiger partial charge on any atom is 0.321 e. The van der Waals surface area contributed by atoms with E-state index in [4.69, 9.17) is 0 Å². The van der Waals surface area contributed by atoms with Gasteiger partial charge in [-0.25, -0.2) is 4.79 Å². The van der Waals surface area contributed by atoms with Crippen molar-refractivity contribution >= 4 is 17.6 Å². The SMILES string of the molecule is C[C@H]1Cc2ccccc2N1CC(=O)NC(=O)NC12CC3CC(CC(C3)C1)C2. The fraction of sp³-hybridized carbons (Fsp3) is 0.636. The first-order valence-electron chi connectivity index (χ1n) is 10.5. The van der Waals surface area contributed by atoms with Gasteiger partial charge in [0.2, 0.25) is 5.91 Å². The van der Waals surface area contributed by atoms with Gasteiger partial charge in [-0.2, -0.15) is 0 Å². The van der Waals surface area contributed by atoms with Gasteiger partial charge in [0, 0.05) is 17.3 Å². The summed E-state index contributed by atoms with van der Waals surface area (Å²) in [7, 11) is 0. The molecular formula is C22H29N3O2. The Labute approximate surface area is 160 Å². The quantitative estimate of drug-likeness (QED) is 0.862. The van der Waals surface area contributed by atoms with Crippen LogP contribution in [0.5, 0.6) is 0 Å². The van der Waals surface area contributed by atoms with Gasteiger partial charge in [0.15, 0.2) is 0 Å². The van der Waals surface area contributed by atoms with Crippen LogP contribution in [0.4, 0.5) is 10.5 Å². The zero-order valence-corrected chi connectivity index (χ0v) is 16.0. The van der Waals surface area contributed by atoms with E-state index in [0.29, 0.717) is 0 Å². The molecule has 0 aromatic heterocycles. The molecule has 1 atom stereocenters. The predicted octanol–water partition coefficient (Wildman–Crippen LogP) is 3.23. The zero-order chi connectivity index (χ0) is 18.6. The van der Waals surface area contributed by atoms with Crippen molar-refractivity contribution in [2.75, 3.05) is 11.4 Å². The number of hydrogen-bond acceptors (Lipinski definition) is 3. The van der Waals surface area contributed by atoms with Crippen molar-refractivity contribution < 1.29 is 9.59 Å². The summed E-state index contributed by atoms with van der Waals surface area (Å²) in [5, 5.41) is 5.82. The van der Waals surface area contributed by atoms with Crippen LogP contribution in [0.2, 0.25) is 0 Å². The lowest BCUT2D eigenvalue weighted by Gasteiger charge is -2.56. The molecule has 3 amide bonds. The Hall–Kier alpha value is -2.04. The van der Waals surface area contributed by atoms with Crippen molar-refractivity contribution in [3.05, 3.63) is 29.8 Å². The van der Waals surface area contributed by atoms with Gasteiger partial charge in [-0.3, -0.25) is 10.1 Å². The van der Waals surface area contributed by atoms with E-state index in [0.717, 1.165) is 49.1 Å². The normalized spacial score (nSPS) is 35.8. The molecule has 4 aliphatic carbocycles. The first-order chi connectivity index (χ1) is 13.0. The number of para-hydroxylation sites is 1. The van der Waals surface area contributed by atoms with Crippen molar-refractivity contribution in [1.82, 2.24) is 10.6 Å². The molecule has 1 aliphatic heterocycles. The minimum atomic E-state index is -0.304. The van der Waals surface area contributed by atoms with Crippen LogP contribution in [0.25, 0.3) is 0 Å². The monoisotopic (exact) mass is 367 g/mol. The standard InChI is InChI=1S/C22H29N3O2/c1-14-6-18-4-2-3-5-19(18)25(14)13-20(26)23-21(27)24-22-10-15-7-16(11-22)9-17(8-15)12-22/h2-5,14-17H,6-13H2,1H3,(H2,23,24,26,27)/t14-,15?,16?,17?,22?/m0/s1. The number of nitrogens with zero attached hydrogens (tertiary/aromatic N) is 1. The van der Waals surface area contributed by atoms with Crippen LogP contribution in [0.1, 0.15) is 51.0 Å². The van der Waals surface area contributed by atoms with Crippen LogP contribution in [-0.4, -0.2) is 30.1 Å². The molecule has 5 nitrogen and oxygen atoms in total. The van der Waals surface area contributed by atoms with Gasteiger partial charge in [0.25, 0.3) is 0 Å². The molecule has 0 spiro atoms. The molecule has 2 N–H and O–H groups in total. The van der Waals surface area contributed by atoms with Crippen LogP contribution >= 0.6 is 0 Å². The third-order valence-electron chi connectivity index (χ3n) is 7.33. The average molecular weight is 367 g/mol. The molecule has 4 saturated carbocycles. The van der Waals surface area contributed by atoms with Gasteiger partial charge in [-0.1, -0.05) is 18.2 Å². The number of nitrogens with one attached hydrogen (secondary N) is 2. The minimum absolute atomic E-state index is 0.0628. The fourth-order valence-corrected chi connectivity index (χ4v) is 6.73. The highest BCUT2D eigenvalue weighted by Gasteiger charge is 2.51. The average Bonchev–Trinajstić information content (AvgIpc) is 2.88. The Morgan fingerprint density at radius 3 is 2.37 bits per heavy atom. The molecular weight excluding hydrogens is 338 g/mol. The van der Waals surface area contributed by atoms with Crippen molar-refractivity contribution in [3.8, 4) is 0 Å². The third kappa shape index (κ3) is 3.11. The molecule has 27 heavy (non-hydrogen) atoms. The summed E-state index contributed by atoms with van der Waals surface area (Å²) in [6, 6.07) is 8.18. The van der Waals surface area contributed by atoms with E-state index in [2.05, 4.69) is 34.6 Å². The second kappa shape index (κ2) is 6.25. The number of carbonyl (C=O) groups is 2. The summed E-state index contributed by atoms with van der Waals surface area (Å²) in [5.41, 5.74) is 2.32. The molecule has 5 aliphatic rings. The number of anilines is 1. The first-order valence-corrected chi connectivity index (χ1v) is 10.5. The maximum atomic E-state index is 12.6. The largest absolute Gasteiger partial charge is 0.359 e. The Balaban J connectivity index is 1.20. The lowest BCUT2D eigenvalue weighted by Crippen LogP contribution is -2.62. The van der Waals surface area contributed by atoms with Gasteiger partial charge in [-0.05, 0) is 81.3 Å². The second-order valence-corrected chi connectivity index (χ2v) is 9.51.